The second kappa shape index (κ2) is 6.72. The van der Waals surface area contributed by atoms with Crippen molar-refractivity contribution in [2.75, 3.05) is 0 Å². The lowest BCUT2D eigenvalue weighted by Gasteiger charge is -2.10. The van der Waals surface area contributed by atoms with Crippen molar-refractivity contribution >= 4 is 5.57 Å². The van der Waals surface area contributed by atoms with Crippen LogP contribution in [0.3, 0.4) is 0 Å². The Hall–Kier alpha value is -2.86. The van der Waals surface area contributed by atoms with E-state index in [4.69, 9.17) is 0 Å². The average Bonchev–Trinajstić information content (AvgIpc) is 3.30. The van der Waals surface area contributed by atoms with Crippen LogP contribution < -0.4 is 0 Å². The third-order valence-corrected chi connectivity index (χ3v) is 4.41. The molecular weight excluding hydrogens is 288 g/mol. The largest absolute Gasteiger partial charge is 0.0804 e. The molecule has 0 amide bonds. The standard InChI is InChI=1S/C24H19/c1-3-11-21(12-4-1)24(22-13-5-2-6-14-22)23-16-15-20(18-23)17-19-9-7-8-10-19/h1-9,11-16H,10,17H2. The Labute approximate surface area is 143 Å². The van der Waals surface area contributed by atoms with E-state index in [2.05, 4.69) is 97.1 Å². The van der Waals surface area contributed by atoms with Crippen LogP contribution in [0.5, 0.6) is 0 Å². The SMILES string of the molecule is [C]1=C(CC2=CC=CC2)C=CC1=C(c1ccccc1)c1ccccc1. The lowest BCUT2D eigenvalue weighted by Crippen LogP contribution is -1.91. The molecule has 1 radical (unpaired) electrons. The van der Waals surface area contributed by atoms with Gasteiger partial charge in [0.2, 0.25) is 0 Å². The van der Waals surface area contributed by atoms with Crippen LogP contribution in [0, 0.1) is 6.08 Å². The minimum Gasteiger partial charge on any atom is -0.0804 e. The molecule has 0 saturated heterocycles. The van der Waals surface area contributed by atoms with E-state index < -0.39 is 0 Å². The maximum atomic E-state index is 3.63. The molecule has 0 atom stereocenters. The fourth-order valence-corrected chi connectivity index (χ4v) is 3.24. The summed E-state index contributed by atoms with van der Waals surface area (Å²) in [6.45, 7) is 0. The molecule has 0 unspecified atom stereocenters. The van der Waals surface area contributed by atoms with Crippen molar-refractivity contribution in [2.45, 2.75) is 12.8 Å². The van der Waals surface area contributed by atoms with Gasteiger partial charge in [-0.25, -0.2) is 0 Å². The van der Waals surface area contributed by atoms with E-state index in [1.807, 2.05) is 0 Å². The highest BCUT2D eigenvalue weighted by atomic mass is 14.2. The van der Waals surface area contributed by atoms with Gasteiger partial charge in [0.1, 0.15) is 0 Å². The molecule has 2 aliphatic carbocycles. The van der Waals surface area contributed by atoms with E-state index >= 15 is 0 Å². The molecule has 0 heteroatoms. The first-order valence-electron chi connectivity index (χ1n) is 8.41. The van der Waals surface area contributed by atoms with Gasteiger partial charge in [0.25, 0.3) is 0 Å². The molecule has 0 aromatic heterocycles. The van der Waals surface area contributed by atoms with E-state index in [0.717, 1.165) is 12.8 Å². The summed E-state index contributed by atoms with van der Waals surface area (Å²) in [4.78, 5) is 0. The van der Waals surface area contributed by atoms with Gasteiger partial charge in [-0.3, -0.25) is 0 Å². The minimum absolute atomic E-state index is 0.990. The molecular formula is C24H19. The van der Waals surface area contributed by atoms with Crippen molar-refractivity contribution in [3.63, 3.8) is 0 Å². The molecule has 0 N–H and O–H groups in total. The van der Waals surface area contributed by atoms with Crippen LogP contribution in [0.25, 0.3) is 5.57 Å². The second-order valence-electron chi connectivity index (χ2n) is 6.14. The molecule has 0 heterocycles. The summed E-state index contributed by atoms with van der Waals surface area (Å²) in [6, 6.07) is 21.2. The number of rotatable bonds is 4. The van der Waals surface area contributed by atoms with Crippen LogP contribution in [-0.4, -0.2) is 0 Å². The number of hydrogen-bond acceptors (Lipinski definition) is 0. The molecule has 0 nitrogen and oxygen atoms in total. The fourth-order valence-electron chi connectivity index (χ4n) is 3.24. The Morgan fingerprint density at radius 1 is 0.833 bits per heavy atom. The molecule has 115 valence electrons. The van der Waals surface area contributed by atoms with Crippen LogP contribution >= 0.6 is 0 Å². The minimum atomic E-state index is 0.990. The van der Waals surface area contributed by atoms with Gasteiger partial charge in [-0.1, -0.05) is 96.6 Å². The van der Waals surface area contributed by atoms with Crippen LogP contribution in [-0.2, 0) is 0 Å². The predicted molar refractivity (Wildman–Crippen MR) is 101 cm³/mol. The molecule has 2 aliphatic rings. The normalized spacial score (nSPS) is 15.6. The first kappa shape index (κ1) is 14.7. The zero-order valence-electron chi connectivity index (χ0n) is 13.6. The molecule has 2 aromatic rings. The summed E-state index contributed by atoms with van der Waals surface area (Å²) in [5, 5.41) is 0. The van der Waals surface area contributed by atoms with Gasteiger partial charge in [0.15, 0.2) is 0 Å². The van der Waals surface area contributed by atoms with Gasteiger partial charge < -0.3 is 0 Å². The number of hydrogen-bond donors (Lipinski definition) is 0. The van der Waals surface area contributed by atoms with Gasteiger partial charge >= 0.3 is 0 Å². The third kappa shape index (κ3) is 3.09. The Morgan fingerprint density at radius 2 is 1.50 bits per heavy atom. The quantitative estimate of drug-likeness (QED) is 0.643. The monoisotopic (exact) mass is 307 g/mol. The maximum absolute atomic E-state index is 3.63. The van der Waals surface area contributed by atoms with Gasteiger partial charge in [-0.05, 0) is 46.8 Å². The number of allylic oxidation sites excluding steroid dienone is 9. The molecule has 0 bridgehead atoms. The van der Waals surface area contributed by atoms with Crippen LogP contribution in [0.15, 0.2) is 108 Å². The van der Waals surface area contributed by atoms with Crippen molar-refractivity contribution in [1.82, 2.24) is 0 Å². The van der Waals surface area contributed by atoms with E-state index in [0.29, 0.717) is 0 Å². The molecule has 2 aromatic carbocycles. The average molecular weight is 307 g/mol. The zero-order chi connectivity index (χ0) is 16.2. The first-order valence-corrected chi connectivity index (χ1v) is 8.41. The van der Waals surface area contributed by atoms with Gasteiger partial charge in [0.05, 0.1) is 0 Å². The van der Waals surface area contributed by atoms with Crippen molar-refractivity contribution in [1.29, 1.82) is 0 Å². The third-order valence-electron chi connectivity index (χ3n) is 4.41. The van der Waals surface area contributed by atoms with Crippen LogP contribution in [0.2, 0.25) is 0 Å². The van der Waals surface area contributed by atoms with Crippen molar-refractivity contribution in [2.24, 2.45) is 0 Å². The molecule has 0 aliphatic heterocycles. The molecule has 0 spiro atoms. The highest BCUT2D eigenvalue weighted by Gasteiger charge is 2.14. The number of benzene rings is 2. The van der Waals surface area contributed by atoms with Crippen molar-refractivity contribution in [3.8, 4) is 0 Å². The van der Waals surface area contributed by atoms with E-state index in [1.54, 1.807) is 0 Å². The molecule has 0 saturated carbocycles. The molecule has 24 heavy (non-hydrogen) atoms. The molecule has 0 fully saturated rings. The summed E-state index contributed by atoms with van der Waals surface area (Å²) in [6.07, 6.45) is 16.7. The lowest BCUT2D eigenvalue weighted by atomic mass is 9.93. The van der Waals surface area contributed by atoms with Crippen LogP contribution in [0.1, 0.15) is 24.0 Å². The topological polar surface area (TPSA) is 0 Å². The van der Waals surface area contributed by atoms with E-state index in [1.165, 1.54) is 33.4 Å². The van der Waals surface area contributed by atoms with Gasteiger partial charge in [-0.15, -0.1) is 0 Å². The summed E-state index contributed by atoms with van der Waals surface area (Å²) in [5.41, 5.74) is 7.63. The van der Waals surface area contributed by atoms with Crippen molar-refractivity contribution < 1.29 is 0 Å². The Bertz CT molecular complexity index is 831. The van der Waals surface area contributed by atoms with Gasteiger partial charge in [0, 0.05) is 0 Å². The Kier molecular flexibility index (Phi) is 4.12. The Balaban J connectivity index is 1.75. The van der Waals surface area contributed by atoms with E-state index in [-0.39, 0.29) is 0 Å². The molecule has 4 rings (SSSR count). The van der Waals surface area contributed by atoms with Crippen molar-refractivity contribution in [3.05, 3.63) is 125 Å². The summed E-state index contributed by atoms with van der Waals surface area (Å²) < 4.78 is 0. The maximum Gasteiger partial charge on any atom is -0.00325 e. The highest BCUT2D eigenvalue weighted by Crippen LogP contribution is 2.32. The van der Waals surface area contributed by atoms with Crippen LogP contribution in [0.4, 0.5) is 0 Å². The Morgan fingerprint density at radius 3 is 2.08 bits per heavy atom. The zero-order valence-corrected chi connectivity index (χ0v) is 13.6. The second-order valence-corrected chi connectivity index (χ2v) is 6.14. The predicted octanol–water partition coefficient (Wildman–Crippen LogP) is 6.06. The summed E-state index contributed by atoms with van der Waals surface area (Å²) in [5.74, 6) is 0. The summed E-state index contributed by atoms with van der Waals surface area (Å²) in [7, 11) is 0. The first-order chi connectivity index (χ1) is 11.9. The highest BCUT2D eigenvalue weighted by molar-refractivity contribution is 5.85. The smallest absolute Gasteiger partial charge is 0.00325 e. The van der Waals surface area contributed by atoms with Gasteiger partial charge in [-0.2, -0.15) is 0 Å². The summed E-state index contributed by atoms with van der Waals surface area (Å²) >= 11 is 0. The van der Waals surface area contributed by atoms with E-state index in [9.17, 15) is 0 Å². The lowest BCUT2D eigenvalue weighted by molar-refractivity contribution is 1.09. The fraction of sp³-hybridized carbons (Fsp3) is 0.0833.